The number of hydrogen-bond acceptors (Lipinski definition) is 4. The molecule has 0 saturated heterocycles. The van der Waals surface area contributed by atoms with Gasteiger partial charge in [0.15, 0.2) is 5.65 Å². The smallest absolute Gasteiger partial charge is 0.203 e. The van der Waals surface area contributed by atoms with Gasteiger partial charge in [0.25, 0.3) is 0 Å². The van der Waals surface area contributed by atoms with Gasteiger partial charge in [-0.25, -0.2) is 9.97 Å². The molecular formula is C22H19BrIN5. The van der Waals surface area contributed by atoms with Crippen LogP contribution in [0.15, 0.2) is 49.6 Å². The molecule has 1 unspecified atom stereocenters. The number of imidazole rings is 1. The molecule has 3 aromatic rings. The maximum absolute atomic E-state index is 9.83. The van der Waals surface area contributed by atoms with Crippen LogP contribution in [0.4, 0.5) is 0 Å². The predicted molar refractivity (Wildman–Crippen MR) is 128 cm³/mol. The normalized spacial score (nSPS) is 18.6. The lowest BCUT2D eigenvalue weighted by molar-refractivity contribution is 0.713. The van der Waals surface area contributed by atoms with Crippen LogP contribution in [-0.2, 0) is 18.5 Å². The molecule has 1 atom stereocenters. The van der Waals surface area contributed by atoms with Crippen molar-refractivity contribution in [3.63, 3.8) is 0 Å². The van der Waals surface area contributed by atoms with Crippen molar-refractivity contribution in [3.8, 4) is 6.07 Å². The predicted octanol–water partition coefficient (Wildman–Crippen LogP) is 5.59. The second kappa shape index (κ2) is 8.00. The monoisotopic (exact) mass is 559 g/mol. The first-order valence-electron chi connectivity index (χ1n) is 9.42. The number of pyridine rings is 1. The fourth-order valence-electron chi connectivity index (χ4n) is 3.58. The van der Waals surface area contributed by atoms with Crippen molar-refractivity contribution in [1.82, 2.24) is 14.5 Å². The molecular weight excluding hydrogens is 541 g/mol. The van der Waals surface area contributed by atoms with Crippen LogP contribution in [0, 0.1) is 18.3 Å². The number of nitriles is 1. The van der Waals surface area contributed by atoms with Gasteiger partial charge in [-0.05, 0) is 74.6 Å². The van der Waals surface area contributed by atoms with Crippen LogP contribution in [0.2, 0.25) is 0 Å². The van der Waals surface area contributed by atoms with Gasteiger partial charge in [0.2, 0.25) is 5.54 Å². The van der Waals surface area contributed by atoms with E-state index in [1.54, 1.807) is 6.21 Å². The maximum atomic E-state index is 9.83. The average molecular weight is 560 g/mol. The summed E-state index contributed by atoms with van der Waals surface area (Å²) in [6.45, 7) is 4.93. The number of halogens is 2. The molecule has 29 heavy (non-hydrogen) atoms. The molecule has 1 aliphatic heterocycles. The zero-order chi connectivity index (χ0) is 20.6. The lowest BCUT2D eigenvalue weighted by Crippen LogP contribution is -2.19. The Morgan fingerprint density at radius 3 is 2.62 bits per heavy atom. The van der Waals surface area contributed by atoms with Gasteiger partial charge < -0.3 is 4.57 Å². The molecule has 1 aliphatic rings. The summed E-state index contributed by atoms with van der Waals surface area (Å²) >= 11 is 5.67. The Kier molecular flexibility index (Phi) is 5.58. The van der Waals surface area contributed by atoms with Crippen LogP contribution < -0.4 is 0 Å². The fourth-order valence-corrected chi connectivity index (χ4v) is 4.68. The highest BCUT2D eigenvalue weighted by molar-refractivity contribution is 14.1. The first-order chi connectivity index (χ1) is 14.0. The maximum Gasteiger partial charge on any atom is 0.203 e. The zero-order valence-corrected chi connectivity index (χ0v) is 19.9. The van der Waals surface area contributed by atoms with Gasteiger partial charge in [-0.2, -0.15) is 5.26 Å². The Morgan fingerprint density at radius 2 is 2.00 bits per heavy atom. The molecule has 0 spiro atoms. The second-order valence-electron chi connectivity index (χ2n) is 7.10. The molecule has 0 fully saturated rings. The fraction of sp³-hybridized carbons (Fsp3) is 0.273. The van der Waals surface area contributed by atoms with E-state index in [1.165, 1.54) is 0 Å². The van der Waals surface area contributed by atoms with E-state index in [2.05, 4.69) is 85.1 Å². The minimum atomic E-state index is -0.953. The van der Waals surface area contributed by atoms with Gasteiger partial charge in [0, 0.05) is 23.3 Å². The highest BCUT2D eigenvalue weighted by atomic mass is 127. The van der Waals surface area contributed by atoms with Gasteiger partial charge in [-0.3, -0.25) is 4.99 Å². The lowest BCUT2D eigenvalue weighted by Gasteiger charge is -2.20. The van der Waals surface area contributed by atoms with Crippen LogP contribution in [-0.4, -0.2) is 20.7 Å². The molecule has 4 rings (SSSR count). The first kappa shape index (κ1) is 20.2. The Bertz CT molecular complexity index is 1190. The molecule has 3 heterocycles. The number of fused-ring (bicyclic) bond motifs is 1. The molecule has 0 N–H and O–H groups in total. The SMILES string of the molecule is CCCc1nc2c(C)ccnc2n1Cc1ccc(C2(C#N)N=CC(Br)=C2I)cc1. The zero-order valence-electron chi connectivity index (χ0n) is 16.2. The third-order valence-corrected chi connectivity index (χ3v) is 7.87. The van der Waals surface area contributed by atoms with E-state index >= 15 is 0 Å². The van der Waals surface area contributed by atoms with Crippen molar-refractivity contribution < 1.29 is 0 Å². The third kappa shape index (κ3) is 3.42. The number of rotatable bonds is 5. The number of nitrogens with zero attached hydrogens (tertiary/aromatic N) is 5. The van der Waals surface area contributed by atoms with Gasteiger partial charge in [0.05, 0.1) is 10.1 Å². The highest BCUT2D eigenvalue weighted by Gasteiger charge is 2.39. The highest BCUT2D eigenvalue weighted by Crippen LogP contribution is 2.44. The molecule has 146 valence electrons. The molecule has 0 radical (unpaired) electrons. The van der Waals surface area contributed by atoms with Gasteiger partial charge in [-0.1, -0.05) is 31.2 Å². The molecule has 0 aliphatic carbocycles. The summed E-state index contributed by atoms with van der Waals surface area (Å²) in [6.07, 6.45) is 5.50. The number of hydrogen-bond donors (Lipinski definition) is 0. The van der Waals surface area contributed by atoms with Crippen molar-refractivity contribution in [2.45, 2.75) is 38.8 Å². The number of aliphatic imine (C=N–C) groups is 1. The topological polar surface area (TPSA) is 66.9 Å². The van der Waals surface area contributed by atoms with Crippen LogP contribution in [0.25, 0.3) is 11.2 Å². The minimum absolute atomic E-state index is 0.696. The minimum Gasteiger partial charge on any atom is -0.308 e. The summed E-state index contributed by atoms with van der Waals surface area (Å²) in [4.78, 5) is 13.9. The van der Waals surface area contributed by atoms with Gasteiger partial charge >= 0.3 is 0 Å². The van der Waals surface area contributed by atoms with Crippen LogP contribution in [0.3, 0.4) is 0 Å². The van der Waals surface area contributed by atoms with E-state index in [0.717, 1.165) is 54.6 Å². The number of aryl methyl sites for hydroxylation is 2. The number of aromatic nitrogens is 3. The summed E-state index contributed by atoms with van der Waals surface area (Å²) < 4.78 is 3.95. The summed E-state index contributed by atoms with van der Waals surface area (Å²) in [7, 11) is 0. The summed E-state index contributed by atoms with van der Waals surface area (Å²) in [5, 5.41) is 9.83. The Balaban J connectivity index is 1.70. The molecule has 0 saturated carbocycles. The van der Waals surface area contributed by atoms with Gasteiger partial charge in [0.1, 0.15) is 17.4 Å². The van der Waals surface area contributed by atoms with Crippen LogP contribution in [0.5, 0.6) is 0 Å². The second-order valence-corrected chi connectivity index (χ2v) is 9.04. The van der Waals surface area contributed by atoms with Crippen molar-refractivity contribution in [1.29, 1.82) is 5.26 Å². The van der Waals surface area contributed by atoms with E-state index in [-0.39, 0.29) is 0 Å². The van der Waals surface area contributed by atoms with Crippen molar-refractivity contribution in [3.05, 3.63) is 67.1 Å². The lowest BCUT2D eigenvalue weighted by atomic mass is 9.92. The van der Waals surface area contributed by atoms with E-state index in [9.17, 15) is 5.26 Å². The molecule has 0 bridgehead atoms. The largest absolute Gasteiger partial charge is 0.308 e. The Morgan fingerprint density at radius 1 is 1.24 bits per heavy atom. The first-order valence-corrected chi connectivity index (χ1v) is 11.3. The summed E-state index contributed by atoms with van der Waals surface area (Å²) in [6, 6.07) is 12.5. The van der Waals surface area contributed by atoms with E-state index < -0.39 is 5.54 Å². The van der Waals surface area contributed by atoms with E-state index in [1.807, 2.05) is 24.4 Å². The van der Waals surface area contributed by atoms with Crippen LogP contribution in [0.1, 0.15) is 35.9 Å². The van der Waals surface area contributed by atoms with Crippen molar-refractivity contribution in [2.24, 2.45) is 4.99 Å². The average Bonchev–Trinajstić information content (AvgIpc) is 3.22. The standard InChI is InChI=1S/C22H19BrIN5/c1-3-4-18-28-19-14(2)9-10-26-21(19)29(18)12-15-5-7-16(8-6-15)22(13-25)20(24)17(23)11-27-22/h5-11H,3-4,12H2,1-2H3. The number of benzene rings is 1. The van der Waals surface area contributed by atoms with Crippen LogP contribution >= 0.6 is 38.5 Å². The summed E-state index contributed by atoms with van der Waals surface area (Å²) in [5.74, 6) is 1.06. The van der Waals surface area contributed by atoms with E-state index in [0.29, 0.717) is 6.54 Å². The quantitative estimate of drug-likeness (QED) is 0.383. The number of allylic oxidation sites excluding steroid dienone is 1. The Labute approximate surface area is 191 Å². The molecule has 7 heteroatoms. The van der Waals surface area contributed by atoms with Crippen molar-refractivity contribution in [2.75, 3.05) is 0 Å². The summed E-state index contributed by atoms with van der Waals surface area (Å²) in [5.41, 5.74) is 4.10. The van der Waals surface area contributed by atoms with Gasteiger partial charge in [-0.15, -0.1) is 0 Å². The molecule has 1 aromatic carbocycles. The molecule has 0 amide bonds. The van der Waals surface area contributed by atoms with Crippen molar-refractivity contribution >= 4 is 55.9 Å². The molecule has 2 aromatic heterocycles. The Hall–Kier alpha value is -2.05. The van der Waals surface area contributed by atoms with E-state index in [4.69, 9.17) is 4.98 Å². The molecule has 5 nitrogen and oxygen atoms in total. The third-order valence-electron chi connectivity index (χ3n) is 5.16.